The fourth-order valence-electron chi connectivity index (χ4n) is 1.25. The molecule has 2 rings (SSSR count). The Balaban J connectivity index is 2.05. The van der Waals surface area contributed by atoms with Gasteiger partial charge in [0, 0.05) is 13.1 Å². The third kappa shape index (κ3) is 1.92. The summed E-state index contributed by atoms with van der Waals surface area (Å²) in [7, 11) is 1.66. The molecule has 0 unspecified atom stereocenters. The van der Waals surface area contributed by atoms with E-state index in [0.29, 0.717) is 0 Å². The van der Waals surface area contributed by atoms with Crippen LogP contribution in [0.15, 0.2) is 6.20 Å². The van der Waals surface area contributed by atoms with E-state index >= 15 is 0 Å². The van der Waals surface area contributed by atoms with Crippen LogP contribution >= 0.6 is 11.3 Å². The molecule has 1 aromatic rings. The first kappa shape index (κ1) is 8.77. The molecule has 0 N–H and O–H groups in total. The fourth-order valence-corrected chi connectivity index (χ4v) is 2.03. The second-order valence-corrected chi connectivity index (χ2v) is 3.74. The van der Waals surface area contributed by atoms with Crippen LogP contribution in [-0.4, -0.2) is 38.4 Å². The van der Waals surface area contributed by atoms with E-state index < -0.39 is 0 Å². The first-order valence-corrected chi connectivity index (χ1v) is 5.04. The maximum atomic E-state index is 5.26. The molecular weight excluding hydrogens is 188 g/mol. The van der Waals surface area contributed by atoms with Crippen molar-refractivity contribution in [2.75, 3.05) is 38.3 Å². The summed E-state index contributed by atoms with van der Waals surface area (Å²) in [4.78, 5) is 6.49. The average molecular weight is 200 g/mol. The number of ether oxygens (including phenoxy) is 2. The quantitative estimate of drug-likeness (QED) is 0.713. The molecule has 0 saturated carbocycles. The van der Waals surface area contributed by atoms with E-state index in [4.69, 9.17) is 9.47 Å². The highest BCUT2D eigenvalue weighted by atomic mass is 32.1. The number of hydrogen-bond donors (Lipinski definition) is 0. The van der Waals surface area contributed by atoms with E-state index in [1.54, 1.807) is 24.6 Å². The van der Waals surface area contributed by atoms with Crippen molar-refractivity contribution >= 4 is 16.5 Å². The molecule has 13 heavy (non-hydrogen) atoms. The summed E-state index contributed by atoms with van der Waals surface area (Å²) in [6.07, 6.45) is 1.76. The lowest BCUT2D eigenvalue weighted by molar-refractivity contribution is 0.122. The Labute approximate surface area is 81.1 Å². The number of methoxy groups -OCH3 is 1. The summed E-state index contributed by atoms with van der Waals surface area (Å²) in [5, 5.41) is 1.89. The van der Waals surface area contributed by atoms with Crippen molar-refractivity contribution < 1.29 is 9.47 Å². The fraction of sp³-hybridized carbons (Fsp3) is 0.625. The maximum Gasteiger partial charge on any atom is 0.195 e. The maximum absolute atomic E-state index is 5.26. The molecule has 0 bridgehead atoms. The predicted octanol–water partition coefficient (Wildman–Crippen LogP) is 0.988. The molecule has 72 valence electrons. The number of rotatable bonds is 2. The Morgan fingerprint density at radius 3 is 2.92 bits per heavy atom. The Bertz CT molecular complexity index is 271. The van der Waals surface area contributed by atoms with Gasteiger partial charge in [0.05, 0.1) is 26.5 Å². The molecule has 2 heterocycles. The topological polar surface area (TPSA) is 34.6 Å². The third-order valence-corrected chi connectivity index (χ3v) is 2.97. The molecule has 1 saturated heterocycles. The van der Waals surface area contributed by atoms with Gasteiger partial charge in [0.25, 0.3) is 0 Å². The molecule has 0 spiro atoms. The van der Waals surface area contributed by atoms with Crippen LogP contribution in [0.3, 0.4) is 0 Å². The zero-order chi connectivity index (χ0) is 9.10. The Kier molecular flexibility index (Phi) is 2.65. The van der Waals surface area contributed by atoms with Gasteiger partial charge in [-0.25, -0.2) is 4.98 Å². The van der Waals surface area contributed by atoms with Crippen molar-refractivity contribution in [1.29, 1.82) is 0 Å². The van der Waals surface area contributed by atoms with Crippen molar-refractivity contribution in [2.24, 2.45) is 0 Å². The zero-order valence-electron chi connectivity index (χ0n) is 7.52. The van der Waals surface area contributed by atoms with Gasteiger partial charge in [-0.05, 0) is 0 Å². The van der Waals surface area contributed by atoms with Crippen LogP contribution in [-0.2, 0) is 4.74 Å². The summed E-state index contributed by atoms with van der Waals surface area (Å²) in [5.41, 5.74) is 0. The number of anilines is 1. The smallest absolute Gasteiger partial charge is 0.195 e. The number of aromatic nitrogens is 1. The van der Waals surface area contributed by atoms with E-state index in [2.05, 4.69) is 9.88 Å². The summed E-state index contributed by atoms with van der Waals surface area (Å²) < 4.78 is 10.3. The van der Waals surface area contributed by atoms with E-state index in [1.807, 2.05) is 0 Å². The molecule has 0 amide bonds. The highest BCUT2D eigenvalue weighted by molar-refractivity contribution is 7.17. The lowest BCUT2D eigenvalue weighted by atomic mass is 10.5. The van der Waals surface area contributed by atoms with E-state index in [9.17, 15) is 0 Å². The van der Waals surface area contributed by atoms with Gasteiger partial charge < -0.3 is 14.4 Å². The molecule has 1 aliphatic rings. The van der Waals surface area contributed by atoms with E-state index in [-0.39, 0.29) is 0 Å². The molecule has 1 fully saturated rings. The summed E-state index contributed by atoms with van der Waals surface area (Å²) in [5.74, 6) is 0. The first-order valence-electron chi connectivity index (χ1n) is 4.22. The van der Waals surface area contributed by atoms with Gasteiger partial charge in [-0.1, -0.05) is 11.3 Å². The second-order valence-electron chi connectivity index (χ2n) is 2.77. The molecule has 1 aliphatic heterocycles. The van der Waals surface area contributed by atoms with Gasteiger partial charge in [0.2, 0.25) is 0 Å². The second kappa shape index (κ2) is 3.93. The van der Waals surface area contributed by atoms with Crippen LogP contribution in [0.5, 0.6) is 5.06 Å². The van der Waals surface area contributed by atoms with Crippen LogP contribution < -0.4 is 9.64 Å². The number of morpholine rings is 1. The largest absolute Gasteiger partial charge is 0.486 e. The first-order chi connectivity index (χ1) is 6.40. The normalized spacial score (nSPS) is 17.5. The van der Waals surface area contributed by atoms with Crippen molar-refractivity contribution in [3.05, 3.63) is 6.20 Å². The molecule has 0 atom stereocenters. The zero-order valence-corrected chi connectivity index (χ0v) is 8.34. The van der Waals surface area contributed by atoms with Gasteiger partial charge in [0.1, 0.15) is 0 Å². The molecule has 0 aromatic carbocycles. The van der Waals surface area contributed by atoms with Crippen LogP contribution in [0.25, 0.3) is 0 Å². The minimum absolute atomic E-state index is 0.794. The van der Waals surface area contributed by atoms with Gasteiger partial charge >= 0.3 is 0 Å². The summed E-state index contributed by atoms with van der Waals surface area (Å²) in [6, 6.07) is 0. The number of thiazole rings is 1. The minimum Gasteiger partial charge on any atom is -0.486 e. The standard InChI is InChI=1S/C8H12N2O2S/c1-11-7-6-9-8(13-7)10-2-4-12-5-3-10/h6H,2-5H2,1H3. The van der Waals surface area contributed by atoms with E-state index in [1.165, 1.54) is 0 Å². The van der Waals surface area contributed by atoms with Crippen LogP contribution in [0.2, 0.25) is 0 Å². The molecule has 1 aromatic heterocycles. The van der Waals surface area contributed by atoms with Gasteiger partial charge in [0.15, 0.2) is 10.2 Å². The highest BCUT2D eigenvalue weighted by Gasteiger charge is 2.14. The molecule has 0 radical (unpaired) electrons. The molecule has 5 heteroatoms. The monoisotopic (exact) mass is 200 g/mol. The average Bonchev–Trinajstić information content (AvgIpc) is 2.67. The predicted molar refractivity (Wildman–Crippen MR) is 51.7 cm³/mol. The van der Waals surface area contributed by atoms with Crippen LogP contribution in [0, 0.1) is 0 Å². The van der Waals surface area contributed by atoms with Crippen LogP contribution in [0.4, 0.5) is 5.13 Å². The van der Waals surface area contributed by atoms with E-state index in [0.717, 1.165) is 36.5 Å². The van der Waals surface area contributed by atoms with Crippen molar-refractivity contribution in [3.63, 3.8) is 0 Å². The van der Waals surface area contributed by atoms with Crippen molar-refractivity contribution in [2.45, 2.75) is 0 Å². The third-order valence-electron chi connectivity index (χ3n) is 1.96. The summed E-state index contributed by atoms with van der Waals surface area (Å²) >= 11 is 1.58. The van der Waals surface area contributed by atoms with Gasteiger partial charge in [-0.15, -0.1) is 0 Å². The van der Waals surface area contributed by atoms with Crippen molar-refractivity contribution in [1.82, 2.24) is 4.98 Å². The van der Waals surface area contributed by atoms with Gasteiger partial charge in [-0.3, -0.25) is 0 Å². The lowest BCUT2D eigenvalue weighted by Crippen LogP contribution is -2.36. The van der Waals surface area contributed by atoms with Gasteiger partial charge in [-0.2, -0.15) is 0 Å². The van der Waals surface area contributed by atoms with Crippen molar-refractivity contribution in [3.8, 4) is 5.06 Å². The lowest BCUT2D eigenvalue weighted by Gasteiger charge is -2.25. The number of nitrogens with zero attached hydrogens (tertiary/aromatic N) is 2. The SMILES string of the molecule is COc1cnc(N2CCOCC2)s1. The minimum atomic E-state index is 0.794. The Morgan fingerprint density at radius 2 is 2.31 bits per heavy atom. The highest BCUT2D eigenvalue weighted by Crippen LogP contribution is 2.28. The summed E-state index contributed by atoms with van der Waals surface area (Å²) in [6.45, 7) is 3.44. The Morgan fingerprint density at radius 1 is 1.54 bits per heavy atom. The molecule has 4 nitrogen and oxygen atoms in total. The Hall–Kier alpha value is -0.810. The molecule has 0 aliphatic carbocycles. The molecular formula is C8H12N2O2S. The van der Waals surface area contributed by atoms with Crippen LogP contribution in [0.1, 0.15) is 0 Å². The number of hydrogen-bond acceptors (Lipinski definition) is 5.